The Balaban J connectivity index is 1.72. The maximum Gasteiger partial charge on any atom is 0.263 e. The van der Waals surface area contributed by atoms with Crippen LogP contribution in [0.3, 0.4) is 0 Å². The zero-order valence-corrected chi connectivity index (χ0v) is 21.2. The predicted octanol–water partition coefficient (Wildman–Crippen LogP) is 4.17. The average molecular weight is 526 g/mol. The number of hydrogen-bond acceptors (Lipinski definition) is 8. The van der Waals surface area contributed by atoms with Crippen molar-refractivity contribution < 1.29 is 17.9 Å². The molecule has 4 aromatic rings. The molecule has 9 nitrogen and oxygen atoms in total. The standard InChI is InChI=1S/C25H24ClN5O4S/c1-27-15-17(32)12-16-6-5-7-19(13-16)36(33,34)31-25-24(28-21-8-3-4-9-22(21)29-25)30-23-14-18(35-2)10-11-20(23)26/h3-11,13-14,27H,12,15H2,1-2H3,(H,28,30)(H,29,31). The first-order valence-corrected chi connectivity index (χ1v) is 12.8. The van der Waals surface area contributed by atoms with Crippen LogP contribution < -0.4 is 20.1 Å². The smallest absolute Gasteiger partial charge is 0.263 e. The number of carbonyl (C=O) groups excluding carboxylic acids is 1. The van der Waals surface area contributed by atoms with Gasteiger partial charge in [0.2, 0.25) is 0 Å². The second-order valence-corrected chi connectivity index (χ2v) is 9.97. The van der Waals surface area contributed by atoms with E-state index in [0.717, 1.165) is 0 Å². The molecule has 36 heavy (non-hydrogen) atoms. The number of benzene rings is 3. The molecular weight excluding hydrogens is 502 g/mol. The van der Waals surface area contributed by atoms with Gasteiger partial charge < -0.3 is 15.4 Å². The molecule has 0 aliphatic carbocycles. The molecule has 0 radical (unpaired) electrons. The van der Waals surface area contributed by atoms with Crippen molar-refractivity contribution in [1.82, 2.24) is 15.3 Å². The van der Waals surface area contributed by atoms with Gasteiger partial charge in [0.05, 0.1) is 40.3 Å². The number of hydrogen-bond donors (Lipinski definition) is 3. The quantitative estimate of drug-likeness (QED) is 0.282. The largest absolute Gasteiger partial charge is 0.497 e. The second-order valence-electron chi connectivity index (χ2n) is 7.88. The molecule has 11 heteroatoms. The molecule has 0 unspecified atom stereocenters. The third kappa shape index (κ3) is 5.91. The molecule has 4 rings (SSSR count). The van der Waals surface area contributed by atoms with Crippen molar-refractivity contribution in [3.63, 3.8) is 0 Å². The minimum Gasteiger partial charge on any atom is -0.497 e. The summed E-state index contributed by atoms with van der Waals surface area (Å²) in [6.45, 7) is 0.198. The van der Waals surface area contributed by atoms with E-state index in [1.807, 2.05) is 6.07 Å². The lowest BCUT2D eigenvalue weighted by molar-refractivity contribution is -0.117. The Labute approximate surface area is 213 Å². The molecule has 0 bridgehead atoms. The van der Waals surface area contributed by atoms with Crippen LogP contribution in [-0.4, -0.2) is 44.9 Å². The van der Waals surface area contributed by atoms with E-state index in [-0.39, 0.29) is 35.3 Å². The normalized spacial score (nSPS) is 11.3. The average Bonchev–Trinajstić information content (AvgIpc) is 2.86. The minimum atomic E-state index is -4.07. The first-order valence-electron chi connectivity index (χ1n) is 10.9. The summed E-state index contributed by atoms with van der Waals surface area (Å²) in [6, 6.07) is 18.4. The first-order chi connectivity index (χ1) is 17.3. The maximum atomic E-state index is 13.3. The van der Waals surface area contributed by atoms with Crippen LogP contribution in [0.4, 0.5) is 17.3 Å². The highest BCUT2D eigenvalue weighted by atomic mass is 35.5. The van der Waals surface area contributed by atoms with E-state index in [9.17, 15) is 13.2 Å². The van der Waals surface area contributed by atoms with Gasteiger partial charge in [-0.25, -0.2) is 18.4 Å². The lowest BCUT2D eigenvalue weighted by atomic mass is 10.1. The van der Waals surface area contributed by atoms with E-state index in [0.29, 0.717) is 33.1 Å². The van der Waals surface area contributed by atoms with Gasteiger partial charge in [-0.1, -0.05) is 35.9 Å². The number of methoxy groups -OCH3 is 1. The molecule has 0 spiro atoms. The Morgan fingerprint density at radius 2 is 1.69 bits per heavy atom. The number of ketones is 1. The van der Waals surface area contributed by atoms with E-state index in [4.69, 9.17) is 16.3 Å². The fraction of sp³-hybridized carbons (Fsp3) is 0.160. The molecule has 1 heterocycles. The summed E-state index contributed by atoms with van der Waals surface area (Å²) in [6.07, 6.45) is 0.112. The summed E-state index contributed by atoms with van der Waals surface area (Å²) in [7, 11) is -0.859. The molecule has 0 saturated heterocycles. The summed E-state index contributed by atoms with van der Waals surface area (Å²) in [4.78, 5) is 21.1. The van der Waals surface area contributed by atoms with Crippen molar-refractivity contribution in [2.75, 3.05) is 30.7 Å². The highest BCUT2D eigenvalue weighted by Gasteiger charge is 2.20. The summed E-state index contributed by atoms with van der Waals surface area (Å²) < 4.78 is 34.4. The molecule has 186 valence electrons. The van der Waals surface area contributed by atoms with Gasteiger partial charge in [-0.15, -0.1) is 0 Å². The van der Waals surface area contributed by atoms with Crippen molar-refractivity contribution in [3.8, 4) is 5.75 Å². The zero-order valence-electron chi connectivity index (χ0n) is 19.6. The topological polar surface area (TPSA) is 122 Å². The monoisotopic (exact) mass is 525 g/mol. The number of fused-ring (bicyclic) bond motifs is 1. The van der Waals surface area contributed by atoms with Gasteiger partial charge in [0.1, 0.15) is 5.75 Å². The van der Waals surface area contributed by atoms with Crippen LogP contribution in [0.15, 0.2) is 71.6 Å². The van der Waals surface area contributed by atoms with E-state index in [2.05, 4.69) is 25.3 Å². The van der Waals surface area contributed by atoms with Gasteiger partial charge in [-0.2, -0.15) is 0 Å². The SMILES string of the molecule is CNCC(=O)Cc1cccc(S(=O)(=O)Nc2nc3ccccc3nc2Nc2cc(OC)ccc2Cl)c1. The lowest BCUT2D eigenvalue weighted by Gasteiger charge is -2.15. The van der Waals surface area contributed by atoms with Crippen LogP contribution >= 0.6 is 11.6 Å². The Morgan fingerprint density at radius 1 is 0.972 bits per heavy atom. The molecule has 3 N–H and O–H groups in total. The van der Waals surface area contributed by atoms with Gasteiger partial charge in [0.15, 0.2) is 17.4 Å². The van der Waals surface area contributed by atoms with E-state index >= 15 is 0 Å². The third-order valence-corrected chi connectivity index (χ3v) is 6.88. The number of likely N-dealkylation sites (N-methyl/N-ethyl adjacent to an activating group) is 1. The van der Waals surface area contributed by atoms with Gasteiger partial charge >= 0.3 is 0 Å². The molecule has 1 aromatic heterocycles. The van der Waals surface area contributed by atoms with Crippen molar-refractivity contribution in [3.05, 3.63) is 77.3 Å². The van der Waals surface area contributed by atoms with E-state index in [1.54, 1.807) is 55.6 Å². The number of anilines is 3. The number of nitrogens with zero attached hydrogens (tertiary/aromatic N) is 2. The molecule has 0 aliphatic heterocycles. The summed E-state index contributed by atoms with van der Waals surface area (Å²) >= 11 is 6.35. The summed E-state index contributed by atoms with van der Waals surface area (Å²) in [5.74, 6) is 0.654. The molecule has 0 atom stereocenters. The van der Waals surface area contributed by atoms with Crippen molar-refractivity contribution in [2.45, 2.75) is 11.3 Å². The number of sulfonamides is 1. The fourth-order valence-electron chi connectivity index (χ4n) is 3.51. The molecule has 0 aliphatic rings. The number of carbonyl (C=O) groups is 1. The number of aromatic nitrogens is 2. The van der Waals surface area contributed by atoms with Gasteiger partial charge in [0, 0.05) is 12.5 Å². The van der Waals surface area contributed by atoms with Crippen LogP contribution in [0.1, 0.15) is 5.56 Å². The van der Waals surface area contributed by atoms with E-state index in [1.165, 1.54) is 19.2 Å². The molecule has 0 fully saturated rings. The van der Waals surface area contributed by atoms with Crippen molar-refractivity contribution >= 4 is 55.8 Å². The predicted molar refractivity (Wildman–Crippen MR) is 141 cm³/mol. The van der Waals surface area contributed by atoms with Crippen LogP contribution in [-0.2, 0) is 21.2 Å². The number of para-hydroxylation sites is 2. The Morgan fingerprint density at radius 3 is 2.39 bits per heavy atom. The summed E-state index contributed by atoms with van der Waals surface area (Å²) in [5, 5.41) is 6.25. The van der Waals surface area contributed by atoms with E-state index < -0.39 is 10.0 Å². The van der Waals surface area contributed by atoms with Gasteiger partial charge in [-0.3, -0.25) is 9.52 Å². The number of Topliss-reactive ketones (excluding diaryl/α,β-unsaturated/α-hetero) is 1. The van der Waals surface area contributed by atoms with Gasteiger partial charge in [0.25, 0.3) is 10.0 Å². The van der Waals surface area contributed by atoms with Crippen LogP contribution in [0, 0.1) is 0 Å². The lowest BCUT2D eigenvalue weighted by Crippen LogP contribution is -2.20. The van der Waals surface area contributed by atoms with Crippen molar-refractivity contribution in [2.24, 2.45) is 0 Å². The maximum absolute atomic E-state index is 13.3. The van der Waals surface area contributed by atoms with Crippen LogP contribution in [0.5, 0.6) is 5.75 Å². The fourth-order valence-corrected chi connectivity index (χ4v) is 4.75. The highest BCUT2D eigenvalue weighted by molar-refractivity contribution is 7.92. The number of halogens is 1. The second kappa shape index (κ2) is 10.9. The highest BCUT2D eigenvalue weighted by Crippen LogP contribution is 2.32. The molecule has 0 saturated carbocycles. The molecular formula is C25H24ClN5O4S. The number of rotatable bonds is 10. The molecule has 3 aromatic carbocycles. The Bertz CT molecular complexity index is 1530. The van der Waals surface area contributed by atoms with Gasteiger partial charge in [-0.05, 0) is 49.0 Å². The van der Waals surface area contributed by atoms with Crippen LogP contribution in [0.2, 0.25) is 5.02 Å². The number of ether oxygens (including phenoxy) is 1. The number of nitrogens with one attached hydrogen (secondary N) is 3. The minimum absolute atomic E-state index is 0.00224. The third-order valence-electron chi connectivity index (χ3n) is 5.21. The molecule has 0 amide bonds. The first kappa shape index (κ1) is 25.4. The van der Waals surface area contributed by atoms with Crippen molar-refractivity contribution in [1.29, 1.82) is 0 Å². The Hall–Kier alpha value is -3.73. The van der Waals surface area contributed by atoms with Crippen LogP contribution in [0.25, 0.3) is 11.0 Å². The summed E-state index contributed by atoms with van der Waals surface area (Å²) in [5.41, 5.74) is 2.12. The Kier molecular flexibility index (Phi) is 7.68. The zero-order chi connectivity index (χ0) is 25.7.